The van der Waals surface area contributed by atoms with Gasteiger partial charge in [-0.3, -0.25) is 9.59 Å². The first-order valence-corrected chi connectivity index (χ1v) is 16.0. The predicted octanol–water partition coefficient (Wildman–Crippen LogP) is 7.61. The van der Waals surface area contributed by atoms with E-state index in [9.17, 15) is 14.4 Å². The maximum atomic E-state index is 14.3. The molecule has 0 bridgehead atoms. The Labute approximate surface area is 276 Å². The molecule has 1 fully saturated rings. The summed E-state index contributed by atoms with van der Waals surface area (Å²) in [6.45, 7) is 12.3. The van der Waals surface area contributed by atoms with Crippen molar-refractivity contribution in [1.82, 2.24) is 4.90 Å². The summed E-state index contributed by atoms with van der Waals surface area (Å²) in [6, 6.07) is 29.9. The van der Waals surface area contributed by atoms with Gasteiger partial charge in [0.15, 0.2) is 5.78 Å². The van der Waals surface area contributed by atoms with Crippen LogP contribution in [-0.4, -0.2) is 54.5 Å². The maximum Gasteiger partial charge on any atom is 0.410 e. The molecule has 0 spiro atoms. The molecule has 47 heavy (non-hydrogen) atoms. The second kappa shape index (κ2) is 13.2. The molecule has 0 aromatic heterocycles. The molecule has 4 aromatic rings. The van der Waals surface area contributed by atoms with Crippen LogP contribution in [0.5, 0.6) is 0 Å². The second-order valence-electron chi connectivity index (χ2n) is 13.0. The maximum absolute atomic E-state index is 14.3. The van der Waals surface area contributed by atoms with Gasteiger partial charge in [0, 0.05) is 38.3 Å². The molecule has 6 rings (SSSR count). The summed E-state index contributed by atoms with van der Waals surface area (Å²) in [4.78, 5) is 44.8. The van der Waals surface area contributed by atoms with Crippen molar-refractivity contribution in [1.29, 1.82) is 0 Å². The molecule has 0 unspecified atom stereocenters. The molecule has 2 aliphatic heterocycles. The van der Waals surface area contributed by atoms with Crippen LogP contribution in [0.15, 0.2) is 104 Å². The smallest absolute Gasteiger partial charge is 0.410 e. The van der Waals surface area contributed by atoms with E-state index in [1.165, 1.54) is 6.08 Å². The summed E-state index contributed by atoms with van der Waals surface area (Å²) in [5, 5.41) is 3.49. The van der Waals surface area contributed by atoms with E-state index in [0.717, 1.165) is 58.1 Å². The van der Waals surface area contributed by atoms with Gasteiger partial charge in [-0.2, -0.15) is 0 Å². The van der Waals surface area contributed by atoms with E-state index in [2.05, 4.69) is 41.1 Å². The van der Waals surface area contributed by atoms with Crippen LogP contribution in [-0.2, 0) is 22.5 Å². The van der Waals surface area contributed by atoms with Crippen LogP contribution >= 0.6 is 0 Å². The van der Waals surface area contributed by atoms with E-state index in [4.69, 9.17) is 4.74 Å². The number of carbonyl (C=O) groups excluding carboxylic acids is 3. The van der Waals surface area contributed by atoms with Gasteiger partial charge < -0.3 is 24.8 Å². The van der Waals surface area contributed by atoms with Gasteiger partial charge in [0.25, 0.3) is 5.91 Å². The molecule has 240 valence electrons. The fourth-order valence-electron chi connectivity index (χ4n) is 5.96. The van der Waals surface area contributed by atoms with Crippen LogP contribution in [0.1, 0.15) is 42.3 Å². The lowest BCUT2D eigenvalue weighted by atomic mass is 10.0. The molecule has 0 saturated carbocycles. The summed E-state index contributed by atoms with van der Waals surface area (Å²) in [5.74, 6) is -0.196. The van der Waals surface area contributed by atoms with Crippen LogP contribution in [0.3, 0.4) is 0 Å². The highest BCUT2D eigenvalue weighted by Crippen LogP contribution is 2.39. The van der Waals surface area contributed by atoms with Crippen molar-refractivity contribution in [2.75, 3.05) is 41.3 Å². The Bertz CT molecular complexity index is 1800. The standard InChI is InChI=1S/C39H40N4O4/c1-5-32(44)23-28-11-17-35-36(24-28)43(26-27-9-7-6-8-10-27)37(45)33-25-30(14-18-34(33)40-35)29-12-15-31(16-13-29)41-19-21-42(22-20-41)38(46)47-39(2,3)4/h5-18,24-25,40H,1,19-23,26H2,2-4H3. The van der Waals surface area contributed by atoms with Crippen LogP contribution < -0.4 is 15.1 Å². The average Bonchev–Trinajstić information content (AvgIpc) is 3.18. The molecule has 1 N–H and O–H groups in total. The Morgan fingerprint density at radius 2 is 1.51 bits per heavy atom. The fourth-order valence-corrected chi connectivity index (χ4v) is 5.96. The Balaban J connectivity index is 1.24. The third-order valence-corrected chi connectivity index (χ3v) is 8.40. The van der Waals surface area contributed by atoms with Crippen LogP contribution in [0.25, 0.3) is 11.1 Å². The minimum absolute atomic E-state index is 0.0746. The molecule has 1 saturated heterocycles. The molecule has 2 amide bonds. The number of anilines is 4. The van der Waals surface area contributed by atoms with Gasteiger partial charge in [0.05, 0.1) is 29.2 Å². The molecule has 8 nitrogen and oxygen atoms in total. The summed E-state index contributed by atoms with van der Waals surface area (Å²) in [6.07, 6.45) is 1.28. The Morgan fingerprint density at radius 3 is 2.19 bits per heavy atom. The lowest BCUT2D eigenvalue weighted by Crippen LogP contribution is -2.50. The van der Waals surface area contributed by atoms with E-state index in [0.29, 0.717) is 25.2 Å². The molecule has 2 heterocycles. The Hall–Kier alpha value is -5.37. The molecular formula is C39H40N4O4. The molecule has 2 aliphatic rings. The van der Waals surface area contributed by atoms with Gasteiger partial charge in [-0.05, 0) is 85.5 Å². The predicted molar refractivity (Wildman–Crippen MR) is 187 cm³/mol. The highest BCUT2D eigenvalue weighted by molar-refractivity contribution is 6.14. The number of fused-ring (bicyclic) bond motifs is 2. The first-order valence-electron chi connectivity index (χ1n) is 16.0. The first-order chi connectivity index (χ1) is 22.6. The van der Waals surface area contributed by atoms with E-state index in [-0.39, 0.29) is 24.2 Å². The summed E-state index contributed by atoms with van der Waals surface area (Å²) >= 11 is 0. The normalized spacial score (nSPS) is 14.4. The van der Waals surface area contributed by atoms with Crippen LogP contribution in [0.4, 0.5) is 27.5 Å². The summed E-state index contributed by atoms with van der Waals surface area (Å²) in [5.41, 5.74) is 7.14. The highest BCUT2D eigenvalue weighted by atomic mass is 16.6. The first kappa shape index (κ1) is 31.6. The monoisotopic (exact) mass is 628 g/mol. The lowest BCUT2D eigenvalue weighted by Gasteiger charge is -2.36. The number of piperazine rings is 1. The van der Waals surface area contributed by atoms with Crippen molar-refractivity contribution in [2.45, 2.75) is 39.3 Å². The quantitative estimate of drug-likeness (QED) is 0.212. The number of nitrogens with zero attached hydrogens (tertiary/aromatic N) is 3. The second-order valence-corrected chi connectivity index (χ2v) is 13.0. The number of allylic oxidation sites excluding steroid dienone is 1. The molecule has 4 aromatic carbocycles. The summed E-state index contributed by atoms with van der Waals surface area (Å²) in [7, 11) is 0. The van der Waals surface area contributed by atoms with E-state index >= 15 is 0 Å². The number of ketones is 1. The van der Waals surface area contributed by atoms with Crippen molar-refractivity contribution in [3.8, 4) is 11.1 Å². The molecule has 0 aliphatic carbocycles. The van der Waals surface area contributed by atoms with Gasteiger partial charge >= 0.3 is 6.09 Å². The van der Waals surface area contributed by atoms with Crippen molar-refractivity contribution in [3.05, 3.63) is 120 Å². The van der Waals surface area contributed by atoms with Gasteiger partial charge in [0.1, 0.15) is 5.60 Å². The van der Waals surface area contributed by atoms with Gasteiger partial charge in [-0.25, -0.2) is 4.79 Å². The SMILES string of the molecule is C=CC(=O)Cc1ccc2c(c1)N(Cc1ccccc1)C(=O)c1cc(-c3ccc(N4CCN(C(=O)OC(C)(C)C)CC4)cc3)ccc1N2. The lowest BCUT2D eigenvalue weighted by molar-refractivity contribution is -0.114. The molecule has 0 radical (unpaired) electrons. The Kier molecular flexibility index (Phi) is 8.85. The topological polar surface area (TPSA) is 82.2 Å². The fraction of sp³-hybridized carbons (Fsp3) is 0.256. The number of amides is 2. The van der Waals surface area contributed by atoms with E-state index < -0.39 is 5.60 Å². The van der Waals surface area contributed by atoms with Gasteiger partial charge in [-0.1, -0.05) is 61.2 Å². The van der Waals surface area contributed by atoms with Crippen molar-refractivity contribution in [2.24, 2.45) is 0 Å². The zero-order valence-electron chi connectivity index (χ0n) is 27.2. The van der Waals surface area contributed by atoms with Gasteiger partial charge in [0.2, 0.25) is 0 Å². The number of hydrogen-bond donors (Lipinski definition) is 1. The minimum atomic E-state index is -0.513. The Morgan fingerprint density at radius 1 is 0.830 bits per heavy atom. The van der Waals surface area contributed by atoms with Crippen molar-refractivity contribution in [3.63, 3.8) is 0 Å². The highest BCUT2D eigenvalue weighted by Gasteiger charge is 2.29. The molecule has 8 heteroatoms. The number of rotatable bonds is 7. The average molecular weight is 629 g/mol. The van der Waals surface area contributed by atoms with Gasteiger partial charge in [-0.15, -0.1) is 0 Å². The third-order valence-electron chi connectivity index (χ3n) is 8.40. The number of carbonyl (C=O) groups is 3. The zero-order chi connectivity index (χ0) is 33.1. The van der Waals surface area contributed by atoms with Crippen molar-refractivity contribution >= 4 is 40.5 Å². The van der Waals surface area contributed by atoms with Crippen molar-refractivity contribution < 1.29 is 19.1 Å². The minimum Gasteiger partial charge on any atom is -0.444 e. The van der Waals surface area contributed by atoms with E-state index in [1.54, 1.807) is 9.80 Å². The number of ether oxygens (including phenoxy) is 1. The summed E-state index contributed by atoms with van der Waals surface area (Å²) < 4.78 is 5.54. The van der Waals surface area contributed by atoms with Crippen LogP contribution in [0, 0.1) is 0 Å². The zero-order valence-corrected chi connectivity index (χ0v) is 27.2. The number of hydrogen-bond acceptors (Lipinski definition) is 6. The molecular weight excluding hydrogens is 588 g/mol. The number of nitrogens with one attached hydrogen (secondary N) is 1. The van der Waals surface area contributed by atoms with Crippen LogP contribution in [0.2, 0.25) is 0 Å². The molecule has 0 atom stereocenters. The third kappa shape index (κ3) is 7.22. The largest absolute Gasteiger partial charge is 0.444 e. The van der Waals surface area contributed by atoms with E-state index in [1.807, 2.05) is 87.5 Å². The number of benzene rings is 4.